The molecular weight excluding hydrogens is 313 g/mol. The fraction of sp³-hybridized carbons (Fsp3) is 0.0526. The van der Waals surface area contributed by atoms with Crippen LogP contribution in [0, 0.1) is 0 Å². The molecule has 0 bridgehead atoms. The second-order valence-electron chi connectivity index (χ2n) is 5.10. The van der Waals surface area contributed by atoms with Crippen molar-refractivity contribution in [1.82, 2.24) is 0 Å². The van der Waals surface area contributed by atoms with E-state index in [1.54, 1.807) is 0 Å². The van der Waals surface area contributed by atoms with Crippen molar-refractivity contribution in [3.05, 3.63) is 82.3 Å². The first-order valence-corrected chi connectivity index (χ1v) is 7.78. The minimum atomic E-state index is 0.515. The van der Waals surface area contributed by atoms with Crippen LogP contribution in [0.2, 0.25) is 10.0 Å². The molecule has 0 amide bonds. The summed E-state index contributed by atoms with van der Waals surface area (Å²) in [5, 5.41) is 1.46. The van der Waals surface area contributed by atoms with Crippen molar-refractivity contribution in [3.63, 3.8) is 0 Å². The molecule has 0 atom stereocenters. The van der Waals surface area contributed by atoms with Crippen molar-refractivity contribution in [3.8, 4) is 22.3 Å². The van der Waals surface area contributed by atoms with Crippen LogP contribution in [-0.2, 0) is 6.54 Å². The van der Waals surface area contributed by atoms with Crippen molar-refractivity contribution in [2.75, 3.05) is 0 Å². The largest absolute Gasteiger partial charge is 0.326 e. The minimum Gasteiger partial charge on any atom is -0.326 e. The monoisotopic (exact) mass is 327 g/mol. The highest BCUT2D eigenvalue weighted by Crippen LogP contribution is 2.34. The molecule has 0 spiro atoms. The van der Waals surface area contributed by atoms with E-state index in [1.165, 1.54) is 0 Å². The van der Waals surface area contributed by atoms with E-state index in [9.17, 15) is 0 Å². The number of hydrogen-bond acceptors (Lipinski definition) is 1. The molecule has 0 aromatic heterocycles. The van der Waals surface area contributed by atoms with E-state index < -0.39 is 0 Å². The van der Waals surface area contributed by atoms with E-state index in [2.05, 4.69) is 18.2 Å². The van der Waals surface area contributed by atoms with Gasteiger partial charge in [0.05, 0.1) is 0 Å². The standard InChI is InChI=1S/C19H15Cl2N/c20-16-6-2-14(3-7-16)18-10-1-13(12-22)11-19(18)15-4-8-17(21)9-5-15/h1-11H,12,22H2. The maximum Gasteiger partial charge on any atom is 0.0406 e. The normalized spacial score (nSPS) is 10.7. The van der Waals surface area contributed by atoms with Gasteiger partial charge in [-0.25, -0.2) is 0 Å². The second kappa shape index (κ2) is 6.53. The van der Waals surface area contributed by atoms with Crippen LogP contribution in [0.3, 0.4) is 0 Å². The molecule has 3 aromatic carbocycles. The van der Waals surface area contributed by atoms with Gasteiger partial charge in [-0.2, -0.15) is 0 Å². The van der Waals surface area contributed by atoms with E-state index in [1.807, 2.05) is 48.5 Å². The topological polar surface area (TPSA) is 26.0 Å². The van der Waals surface area contributed by atoms with E-state index in [0.29, 0.717) is 6.54 Å². The summed E-state index contributed by atoms with van der Waals surface area (Å²) in [6.45, 7) is 0.515. The van der Waals surface area contributed by atoms with Crippen molar-refractivity contribution in [1.29, 1.82) is 0 Å². The summed E-state index contributed by atoms with van der Waals surface area (Å²) in [7, 11) is 0. The molecule has 0 aliphatic carbocycles. The van der Waals surface area contributed by atoms with E-state index in [0.717, 1.165) is 37.9 Å². The molecule has 3 aromatic rings. The summed E-state index contributed by atoms with van der Waals surface area (Å²) in [6.07, 6.45) is 0. The molecule has 0 fully saturated rings. The Morgan fingerprint density at radius 2 is 1.14 bits per heavy atom. The van der Waals surface area contributed by atoms with Crippen LogP contribution in [0.5, 0.6) is 0 Å². The van der Waals surface area contributed by atoms with Gasteiger partial charge in [-0.1, -0.05) is 59.6 Å². The summed E-state index contributed by atoms with van der Waals surface area (Å²) in [5.41, 5.74) is 11.4. The molecular formula is C19H15Cl2N. The summed E-state index contributed by atoms with van der Waals surface area (Å²) in [4.78, 5) is 0. The number of halogens is 2. The maximum atomic E-state index is 6.00. The second-order valence-corrected chi connectivity index (χ2v) is 5.97. The number of rotatable bonds is 3. The van der Waals surface area contributed by atoms with Crippen molar-refractivity contribution in [2.45, 2.75) is 6.54 Å². The summed E-state index contributed by atoms with van der Waals surface area (Å²) < 4.78 is 0. The van der Waals surface area contributed by atoms with Gasteiger partial charge in [0.15, 0.2) is 0 Å². The minimum absolute atomic E-state index is 0.515. The molecule has 22 heavy (non-hydrogen) atoms. The zero-order valence-corrected chi connectivity index (χ0v) is 13.4. The van der Waals surface area contributed by atoms with Crippen molar-refractivity contribution in [2.24, 2.45) is 5.73 Å². The molecule has 0 unspecified atom stereocenters. The van der Waals surface area contributed by atoms with E-state index in [4.69, 9.17) is 28.9 Å². The van der Waals surface area contributed by atoms with Crippen LogP contribution in [-0.4, -0.2) is 0 Å². The Bertz CT molecular complexity index is 778. The highest BCUT2D eigenvalue weighted by Gasteiger charge is 2.09. The summed E-state index contributed by atoms with van der Waals surface area (Å²) in [5.74, 6) is 0. The molecule has 2 N–H and O–H groups in total. The first kappa shape index (κ1) is 15.1. The third kappa shape index (κ3) is 3.17. The molecule has 0 aliphatic rings. The zero-order chi connectivity index (χ0) is 15.5. The van der Waals surface area contributed by atoms with Gasteiger partial charge in [0, 0.05) is 16.6 Å². The molecule has 1 nitrogen and oxygen atoms in total. The van der Waals surface area contributed by atoms with E-state index >= 15 is 0 Å². The third-order valence-corrected chi connectivity index (χ3v) is 4.13. The van der Waals surface area contributed by atoms with Gasteiger partial charge in [0.1, 0.15) is 0 Å². The average molecular weight is 328 g/mol. The number of benzene rings is 3. The molecule has 0 aliphatic heterocycles. The lowest BCUT2D eigenvalue weighted by Gasteiger charge is -2.12. The van der Waals surface area contributed by atoms with Gasteiger partial charge in [-0.05, 0) is 58.1 Å². The highest BCUT2D eigenvalue weighted by molar-refractivity contribution is 6.31. The fourth-order valence-corrected chi connectivity index (χ4v) is 2.72. The van der Waals surface area contributed by atoms with Gasteiger partial charge in [-0.3, -0.25) is 0 Å². The Hall–Kier alpha value is -1.80. The molecule has 0 heterocycles. The fourth-order valence-electron chi connectivity index (χ4n) is 2.47. The van der Waals surface area contributed by atoms with Crippen LogP contribution in [0.15, 0.2) is 66.7 Å². The van der Waals surface area contributed by atoms with Crippen molar-refractivity contribution >= 4 is 23.2 Å². The number of hydrogen-bond donors (Lipinski definition) is 1. The van der Waals surface area contributed by atoms with Gasteiger partial charge in [-0.15, -0.1) is 0 Å². The van der Waals surface area contributed by atoms with Crippen LogP contribution in [0.4, 0.5) is 0 Å². The maximum absolute atomic E-state index is 6.00. The molecule has 0 radical (unpaired) electrons. The lowest BCUT2D eigenvalue weighted by Crippen LogP contribution is -1.97. The van der Waals surface area contributed by atoms with E-state index in [-0.39, 0.29) is 0 Å². The first-order chi connectivity index (χ1) is 10.7. The molecule has 0 saturated heterocycles. The van der Waals surface area contributed by atoms with Crippen molar-refractivity contribution < 1.29 is 0 Å². The Kier molecular flexibility index (Phi) is 4.49. The smallest absolute Gasteiger partial charge is 0.0406 e. The summed E-state index contributed by atoms with van der Waals surface area (Å²) in [6, 6.07) is 22.0. The van der Waals surface area contributed by atoms with Gasteiger partial charge >= 0.3 is 0 Å². The first-order valence-electron chi connectivity index (χ1n) is 7.02. The highest BCUT2D eigenvalue weighted by atomic mass is 35.5. The van der Waals surface area contributed by atoms with Crippen LogP contribution >= 0.6 is 23.2 Å². The molecule has 3 rings (SSSR count). The summed E-state index contributed by atoms with van der Waals surface area (Å²) >= 11 is 12.0. The van der Waals surface area contributed by atoms with Crippen LogP contribution in [0.25, 0.3) is 22.3 Å². The lowest BCUT2D eigenvalue weighted by atomic mass is 9.93. The Balaban J connectivity index is 2.17. The van der Waals surface area contributed by atoms with Crippen LogP contribution in [0.1, 0.15) is 5.56 Å². The molecule has 110 valence electrons. The predicted molar refractivity (Wildman–Crippen MR) is 95.2 cm³/mol. The average Bonchev–Trinajstić information content (AvgIpc) is 2.56. The Labute approximate surface area is 140 Å². The lowest BCUT2D eigenvalue weighted by molar-refractivity contribution is 1.07. The quantitative estimate of drug-likeness (QED) is 0.647. The van der Waals surface area contributed by atoms with Gasteiger partial charge in [0.25, 0.3) is 0 Å². The van der Waals surface area contributed by atoms with Gasteiger partial charge in [0.2, 0.25) is 0 Å². The third-order valence-electron chi connectivity index (χ3n) is 3.63. The Morgan fingerprint density at radius 1 is 0.636 bits per heavy atom. The Morgan fingerprint density at radius 3 is 1.64 bits per heavy atom. The van der Waals surface area contributed by atoms with Crippen LogP contribution < -0.4 is 5.73 Å². The zero-order valence-electron chi connectivity index (χ0n) is 11.9. The van der Waals surface area contributed by atoms with Gasteiger partial charge < -0.3 is 5.73 Å². The molecule has 0 saturated carbocycles. The number of nitrogens with two attached hydrogens (primary N) is 1. The predicted octanol–water partition coefficient (Wildman–Crippen LogP) is 5.79. The SMILES string of the molecule is NCc1ccc(-c2ccc(Cl)cc2)c(-c2ccc(Cl)cc2)c1. The molecule has 3 heteroatoms.